The van der Waals surface area contributed by atoms with E-state index in [4.69, 9.17) is 0 Å². The lowest BCUT2D eigenvalue weighted by Gasteiger charge is -2.16. The average molecular weight is 339 g/mol. The summed E-state index contributed by atoms with van der Waals surface area (Å²) >= 11 is 3.38. The second kappa shape index (κ2) is 5.31. The molecular weight excluding hydrogens is 324 g/mol. The molecule has 0 atom stereocenters. The van der Waals surface area contributed by atoms with Gasteiger partial charge in [0, 0.05) is 27.2 Å². The van der Waals surface area contributed by atoms with Gasteiger partial charge in [0.05, 0.1) is 0 Å². The number of rotatable bonds is 3. The van der Waals surface area contributed by atoms with Crippen molar-refractivity contribution >= 4 is 27.8 Å². The lowest BCUT2D eigenvalue weighted by molar-refractivity contribution is 0.716. The first-order chi connectivity index (χ1) is 9.69. The molecule has 9 heteroatoms. The molecule has 3 rings (SSSR count). The summed E-state index contributed by atoms with van der Waals surface area (Å²) in [6, 6.07) is 0. The molecule has 0 unspecified atom stereocenters. The maximum atomic E-state index is 4.56. The standard InChI is InChI=1S/C11H15BrN8/c1-13-10-14-9(7-8(12)17-18-19(7)2)15-11(16-10)20-5-3-4-6-20/h3-6H2,1-2H3,(H,13,14,15,16). The highest BCUT2D eigenvalue weighted by atomic mass is 79.9. The van der Waals surface area contributed by atoms with Crippen LogP contribution in [0, 0.1) is 0 Å². The van der Waals surface area contributed by atoms with Gasteiger partial charge in [-0.25, -0.2) is 4.68 Å². The topological polar surface area (TPSA) is 84.7 Å². The van der Waals surface area contributed by atoms with Gasteiger partial charge in [0.15, 0.2) is 10.4 Å². The molecule has 1 fully saturated rings. The number of nitrogens with one attached hydrogen (secondary N) is 1. The van der Waals surface area contributed by atoms with E-state index in [1.165, 1.54) is 12.8 Å². The largest absolute Gasteiger partial charge is 0.357 e. The molecule has 8 nitrogen and oxygen atoms in total. The lowest BCUT2D eigenvalue weighted by Crippen LogP contribution is -2.21. The van der Waals surface area contributed by atoms with Crippen LogP contribution in [0.3, 0.4) is 0 Å². The molecule has 2 aromatic heterocycles. The Morgan fingerprint density at radius 1 is 1.15 bits per heavy atom. The first-order valence-electron chi connectivity index (χ1n) is 6.43. The third-order valence-corrected chi connectivity index (χ3v) is 3.77. The molecule has 0 aliphatic carbocycles. The lowest BCUT2D eigenvalue weighted by atomic mass is 10.4. The monoisotopic (exact) mass is 338 g/mol. The van der Waals surface area contributed by atoms with E-state index in [0.29, 0.717) is 22.3 Å². The summed E-state index contributed by atoms with van der Waals surface area (Å²) in [7, 11) is 3.61. The predicted octanol–water partition coefficient (Wildman–Crippen LogP) is 1.07. The highest BCUT2D eigenvalue weighted by molar-refractivity contribution is 9.10. The zero-order valence-electron chi connectivity index (χ0n) is 11.3. The normalized spacial score (nSPS) is 14.8. The second-order valence-corrected chi connectivity index (χ2v) is 5.33. The molecule has 1 saturated heterocycles. The fraction of sp³-hybridized carbons (Fsp3) is 0.545. The Bertz CT molecular complexity index is 599. The SMILES string of the molecule is CNc1nc(-c2c(Br)nnn2C)nc(N2CCCC2)n1. The third-order valence-electron chi connectivity index (χ3n) is 3.23. The van der Waals surface area contributed by atoms with Crippen molar-refractivity contribution in [1.82, 2.24) is 29.9 Å². The average Bonchev–Trinajstić information content (AvgIpc) is 3.09. The minimum absolute atomic E-state index is 0.546. The molecule has 0 saturated carbocycles. The van der Waals surface area contributed by atoms with E-state index in [-0.39, 0.29) is 0 Å². The molecule has 106 valence electrons. The zero-order valence-corrected chi connectivity index (χ0v) is 12.9. The van der Waals surface area contributed by atoms with Crippen LogP contribution in [-0.2, 0) is 7.05 Å². The van der Waals surface area contributed by atoms with E-state index in [1.807, 2.05) is 7.05 Å². The molecule has 1 aliphatic heterocycles. The first kappa shape index (κ1) is 13.2. The molecule has 0 aromatic carbocycles. The van der Waals surface area contributed by atoms with Crippen LogP contribution in [0.4, 0.5) is 11.9 Å². The van der Waals surface area contributed by atoms with Crippen molar-refractivity contribution in [3.8, 4) is 11.5 Å². The van der Waals surface area contributed by atoms with Crippen LogP contribution in [0.25, 0.3) is 11.5 Å². The summed E-state index contributed by atoms with van der Waals surface area (Å²) in [5.74, 6) is 1.81. The zero-order chi connectivity index (χ0) is 14.1. The Morgan fingerprint density at radius 2 is 1.90 bits per heavy atom. The van der Waals surface area contributed by atoms with Gasteiger partial charge in [-0.1, -0.05) is 5.21 Å². The van der Waals surface area contributed by atoms with E-state index < -0.39 is 0 Å². The Balaban J connectivity index is 2.08. The van der Waals surface area contributed by atoms with Crippen molar-refractivity contribution in [1.29, 1.82) is 0 Å². The van der Waals surface area contributed by atoms with E-state index in [9.17, 15) is 0 Å². The van der Waals surface area contributed by atoms with Crippen molar-refractivity contribution in [2.75, 3.05) is 30.4 Å². The fourth-order valence-electron chi connectivity index (χ4n) is 2.21. The van der Waals surface area contributed by atoms with Gasteiger partial charge < -0.3 is 10.2 Å². The fourth-order valence-corrected chi connectivity index (χ4v) is 2.71. The van der Waals surface area contributed by atoms with Gasteiger partial charge in [-0.05, 0) is 28.8 Å². The second-order valence-electron chi connectivity index (χ2n) is 4.58. The van der Waals surface area contributed by atoms with Gasteiger partial charge in [-0.15, -0.1) is 5.10 Å². The van der Waals surface area contributed by atoms with E-state index in [2.05, 4.69) is 51.4 Å². The van der Waals surface area contributed by atoms with Crippen molar-refractivity contribution in [2.24, 2.45) is 7.05 Å². The first-order valence-corrected chi connectivity index (χ1v) is 7.22. The molecule has 0 bridgehead atoms. The number of halogens is 1. The van der Waals surface area contributed by atoms with Crippen LogP contribution < -0.4 is 10.2 Å². The molecule has 1 aliphatic rings. The third kappa shape index (κ3) is 2.33. The Labute approximate surface area is 124 Å². The molecular formula is C11H15BrN8. The summed E-state index contributed by atoms with van der Waals surface area (Å²) in [5.41, 5.74) is 0.740. The van der Waals surface area contributed by atoms with Gasteiger partial charge in [0.2, 0.25) is 11.9 Å². The maximum absolute atomic E-state index is 4.56. The molecule has 1 N–H and O–H groups in total. The van der Waals surface area contributed by atoms with Crippen LogP contribution in [-0.4, -0.2) is 50.1 Å². The maximum Gasteiger partial charge on any atom is 0.230 e. The summed E-state index contributed by atoms with van der Waals surface area (Å²) in [6.07, 6.45) is 2.35. The van der Waals surface area contributed by atoms with Gasteiger partial charge in [-0.2, -0.15) is 15.0 Å². The Kier molecular flexibility index (Phi) is 3.51. The van der Waals surface area contributed by atoms with Gasteiger partial charge in [-0.3, -0.25) is 0 Å². The molecule has 0 radical (unpaired) electrons. The molecule has 2 aromatic rings. The van der Waals surface area contributed by atoms with Crippen LogP contribution in [0.5, 0.6) is 0 Å². The Hall–Kier alpha value is -1.77. The van der Waals surface area contributed by atoms with Crippen LogP contribution in [0.1, 0.15) is 12.8 Å². The molecule has 0 amide bonds. The van der Waals surface area contributed by atoms with Gasteiger partial charge in [0.25, 0.3) is 0 Å². The smallest absolute Gasteiger partial charge is 0.230 e. The van der Waals surface area contributed by atoms with Crippen LogP contribution in [0.15, 0.2) is 4.60 Å². The van der Waals surface area contributed by atoms with Gasteiger partial charge in [0.1, 0.15) is 5.69 Å². The van der Waals surface area contributed by atoms with E-state index in [0.717, 1.165) is 18.8 Å². The quantitative estimate of drug-likeness (QED) is 0.895. The number of hydrogen-bond acceptors (Lipinski definition) is 7. The summed E-state index contributed by atoms with van der Waals surface area (Å²) in [4.78, 5) is 15.6. The molecule has 3 heterocycles. The van der Waals surface area contributed by atoms with E-state index in [1.54, 1.807) is 11.7 Å². The minimum Gasteiger partial charge on any atom is -0.357 e. The number of nitrogens with zero attached hydrogens (tertiary/aromatic N) is 7. The van der Waals surface area contributed by atoms with Crippen molar-refractivity contribution < 1.29 is 0 Å². The number of anilines is 2. The summed E-state index contributed by atoms with van der Waals surface area (Å²) < 4.78 is 2.27. The highest BCUT2D eigenvalue weighted by Crippen LogP contribution is 2.25. The summed E-state index contributed by atoms with van der Waals surface area (Å²) in [6.45, 7) is 1.97. The highest BCUT2D eigenvalue weighted by Gasteiger charge is 2.20. The predicted molar refractivity (Wildman–Crippen MR) is 78.5 cm³/mol. The molecule has 0 spiro atoms. The van der Waals surface area contributed by atoms with Crippen molar-refractivity contribution in [2.45, 2.75) is 12.8 Å². The van der Waals surface area contributed by atoms with Crippen molar-refractivity contribution in [3.05, 3.63) is 4.60 Å². The number of aryl methyl sites for hydroxylation is 1. The van der Waals surface area contributed by atoms with Crippen LogP contribution >= 0.6 is 15.9 Å². The van der Waals surface area contributed by atoms with Crippen LogP contribution in [0.2, 0.25) is 0 Å². The summed E-state index contributed by atoms with van der Waals surface area (Å²) in [5, 5.41) is 10.9. The van der Waals surface area contributed by atoms with Gasteiger partial charge >= 0.3 is 0 Å². The Morgan fingerprint density at radius 3 is 2.50 bits per heavy atom. The molecule has 20 heavy (non-hydrogen) atoms. The van der Waals surface area contributed by atoms with E-state index >= 15 is 0 Å². The van der Waals surface area contributed by atoms with Crippen molar-refractivity contribution in [3.63, 3.8) is 0 Å². The number of hydrogen-bond donors (Lipinski definition) is 1. The minimum atomic E-state index is 0.546. The number of aromatic nitrogens is 6.